The van der Waals surface area contributed by atoms with Gasteiger partial charge >= 0.3 is 30.2 Å². The molecule has 2 radical (unpaired) electrons. The zero-order valence-electron chi connectivity index (χ0n) is 22.5. The SMILES string of the molecule is Cc1cc2c(-c3ccccc3)ccc(C)c2[cH-]1.Cc1ccc2cc(C(C)C)[cH-]c2c1.Cl.Cl.[CH3-].[CH3-].[Si]=[Zr]. The Morgan fingerprint density at radius 1 is 0.750 bits per heavy atom. The summed E-state index contributed by atoms with van der Waals surface area (Å²) < 4.78 is 0. The van der Waals surface area contributed by atoms with Crippen LogP contribution in [0.15, 0.2) is 84.9 Å². The Kier molecular flexibility index (Phi) is 17.5. The monoisotopic (exact) mass is 610 g/mol. The Morgan fingerprint density at radius 2 is 1.39 bits per heavy atom. The molecule has 5 rings (SSSR count). The zero-order valence-corrected chi connectivity index (χ0v) is 27.6. The minimum absolute atomic E-state index is 0. The number of hydrogen-bond donors (Lipinski definition) is 0. The van der Waals surface area contributed by atoms with Gasteiger partial charge in [0.25, 0.3) is 0 Å². The summed E-state index contributed by atoms with van der Waals surface area (Å²) in [6.07, 6.45) is 0. The van der Waals surface area contributed by atoms with Crippen LogP contribution in [-0.4, -0.2) is 6.88 Å². The van der Waals surface area contributed by atoms with Crippen LogP contribution in [0, 0.1) is 35.6 Å². The number of benzene rings is 3. The Bertz CT molecular complexity index is 1320. The first kappa shape index (κ1) is 36.7. The van der Waals surface area contributed by atoms with Crippen LogP contribution in [0.25, 0.3) is 32.7 Å². The molecule has 0 heterocycles. The van der Waals surface area contributed by atoms with Gasteiger partial charge in [-0.1, -0.05) is 81.3 Å². The van der Waals surface area contributed by atoms with E-state index in [0.717, 1.165) is 0 Å². The van der Waals surface area contributed by atoms with E-state index in [4.69, 9.17) is 0 Å². The van der Waals surface area contributed by atoms with Gasteiger partial charge in [-0.05, 0) is 18.4 Å². The molecule has 0 aliphatic heterocycles. The van der Waals surface area contributed by atoms with E-state index in [1.54, 1.807) is 0 Å². The van der Waals surface area contributed by atoms with Crippen molar-refractivity contribution in [3.63, 3.8) is 0 Å². The van der Waals surface area contributed by atoms with Crippen LogP contribution >= 0.6 is 24.8 Å². The van der Waals surface area contributed by atoms with Gasteiger partial charge in [0.1, 0.15) is 0 Å². The van der Waals surface area contributed by atoms with Gasteiger partial charge in [-0.2, -0.15) is 12.1 Å². The zero-order chi connectivity index (χ0) is 23.3. The molecule has 0 aliphatic carbocycles. The van der Waals surface area contributed by atoms with Crippen LogP contribution in [0.5, 0.6) is 0 Å². The second-order valence-corrected chi connectivity index (χ2v) is 8.73. The second-order valence-electron chi connectivity index (χ2n) is 8.73. The van der Waals surface area contributed by atoms with Gasteiger partial charge in [-0.15, -0.1) is 93.4 Å². The molecule has 4 heteroatoms. The van der Waals surface area contributed by atoms with E-state index in [1.165, 1.54) is 78.3 Å². The van der Waals surface area contributed by atoms with Gasteiger partial charge in [-0.3, -0.25) is 0 Å². The number of fused-ring (bicyclic) bond motifs is 2. The van der Waals surface area contributed by atoms with Crippen LogP contribution in [-0.2, 0) is 23.3 Å². The Balaban J connectivity index is 0. The summed E-state index contributed by atoms with van der Waals surface area (Å²) >= 11 is 1.36. The van der Waals surface area contributed by atoms with Crippen molar-refractivity contribution >= 4 is 53.2 Å². The van der Waals surface area contributed by atoms with Crippen molar-refractivity contribution in [2.24, 2.45) is 0 Å². The summed E-state index contributed by atoms with van der Waals surface area (Å²) in [6.45, 7) is 14.0. The van der Waals surface area contributed by atoms with Gasteiger partial charge in [0.2, 0.25) is 0 Å². The van der Waals surface area contributed by atoms with Crippen LogP contribution in [0.2, 0.25) is 0 Å². The van der Waals surface area contributed by atoms with Crippen molar-refractivity contribution in [1.29, 1.82) is 0 Å². The first-order valence-electron chi connectivity index (χ1n) is 11.1. The van der Waals surface area contributed by atoms with Crippen molar-refractivity contribution in [3.8, 4) is 11.1 Å². The summed E-state index contributed by atoms with van der Waals surface area (Å²) in [4.78, 5) is 0. The van der Waals surface area contributed by atoms with E-state index in [9.17, 15) is 0 Å². The van der Waals surface area contributed by atoms with Crippen molar-refractivity contribution in [2.45, 2.75) is 40.5 Å². The average molecular weight is 613 g/mol. The summed E-state index contributed by atoms with van der Waals surface area (Å²) in [5.41, 5.74) is 8.11. The molecule has 0 saturated carbocycles. The van der Waals surface area contributed by atoms with E-state index >= 15 is 0 Å². The van der Waals surface area contributed by atoms with E-state index in [1.807, 2.05) is 0 Å². The first-order chi connectivity index (χ1) is 15.4. The molecular weight excluding hydrogens is 575 g/mol. The number of aryl methyl sites for hydroxylation is 3. The summed E-state index contributed by atoms with van der Waals surface area (Å²) in [5.74, 6) is 0.632. The van der Waals surface area contributed by atoms with Gasteiger partial charge in [0.15, 0.2) is 0 Å². The topological polar surface area (TPSA) is 0 Å². The molecule has 0 bridgehead atoms. The standard InChI is InChI=1S/C17H15.C13H15.2CH3.2ClH.Si.Zr/c1-12-10-16-13(2)8-9-15(17(16)11-12)14-6-4-3-5-7-14;1-9(2)12-7-11-5-4-10(3)6-13(11)8-12;;;;;;/h3-11H,1-2H3;4-9H,1-3H3;2*1H3;2*1H;;/q4*-1;;;;. The normalized spacial score (nSPS) is 9.36. The fourth-order valence-electron chi connectivity index (χ4n) is 4.14. The maximum absolute atomic E-state index is 3.06. The summed E-state index contributed by atoms with van der Waals surface area (Å²) in [6, 6.07) is 30.8. The average Bonchev–Trinajstić information content (AvgIpc) is 3.40. The van der Waals surface area contributed by atoms with Crippen LogP contribution in [0.4, 0.5) is 0 Å². The predicted octanol–water partition coefficient (Wildman–Crippen LogP) is 10.2. The number of halogens is 2. The first-order valence-corrected chi connectivity index (χ1v) is 15.2. The Labute approximate surface area is 248 Å². The van der Waals surface area contributed by atoms with Crippen LogP contribution in [0.3, 0.4) is 0 Å². The molecule has 0 aliphatic rings. The molecule has 0 unspecified atom stereocenters. The van der Waals surface area contributed by atoms with E-state index in [-0.39, 0.29) is 39.7 Å². The predicted molar refractivity (Wildman–Crippen MR) is 166 cm³/mol. The van der Waals surface area contributed by atoms with Gasteiger partial charge in [0.05, 0.1) is 0 Å². The molecule has 0 saturated heterocycles. The molecule has 5 aromatic rings. The molecular formula is C32H38Cl2SiZr-4. The Morgan fingerprint density at radius 3 is 2.00 bits per heavy atom. The van der Waals surface area contributed by atoms with E-state index in [0.29, 0.717) is 5.92 Å². The molecule has 0 spiro atoms. The van der Waals surface area contributed by atoms with Crippen LogP contribution < -0.4 is 0 Å². The third-order valence-corrected chi connectivity index (χ3v) is 5.89. The quantitative estimate of drug-likeness (QED) is 0.137. The summed E-state index contributed by atoms with van der Waals surface area (Å²) in [5, 5.41) is 5.50. The third kappa shape index (κ3) is 8.84. The molecule has 0 fully saturated rings. The van der Waals surface area contributed by atoms with E-state index < -0.39 is 0 Å². The second kappa shape index (κ2) is 17.1. The van der Waals surface area contributed by atoms with Crippen molar-refractivity contribution < 1.29 is 23.3 Å². The van der Waals surface area contributed by atoms with E-state index in [2.05, 4.69) is 126 Å². The molecule has 0 amide bonds. The maximum atomic E-state index is 3.06. The molecule has 0 N–H and O–H groups in total. The fourth-order valence-corrected chi connectivity index (χ4v) is 4.14. The molecule has 192 valence electrons. The third-order valence-electron chi connectivity index (χ3n) is 5.89. The van der Waals surface area contributed by atoms with Gasteiger partial charge in [-0.25, -0.2) is 0 Å². The Hall–Kier alpha value is -1.44. The number of hydrogen-bond acceptors (Lipinski definition) is 0. The molecule has 5 aromatic carbocycles. The van der Waals surface area contributed by atoms with Gasteiger partial charge < -0.3 is 14.9 Å². The molecule has 0 aromatic heterocycles. The minimum atomic E-state index is 0. The van der Waals surface area contributed by atoms with Crippen molar-refractivity contribution in [3.05, 3.63) is 122 Å². The number of rotatable bonds is 2. The van der Waals surface area contributed by atoms with Gasteiger partial charge in [0, 0.05) is 0 Å². The van der Waals surface area contributed by atoms with Crippen molar-refractivity contribution in [1.82, 2.24) is 0 Å². The molecule has 0 atom stereocenters. The van der Waals surface area contributed by atoms with Crippen molar-refractivity contribution in [2.75, 3.05) is 0 Å². The van der Waals surface area contributed by atoms with Crippen LogP contribution in [0.1, 0.15) is 42.0 Å². The summed E-state index contributed by atoms with van der Waals surface area (Å²) in [7, 11) is 0. The fraction of sp³-hybridized carbons (Fsp3) is 0.188. The molecule has 36 heavy (non-hydrogen) atoms. The molecule has 0 nitrogen and oxygen atoms in total.